The van der Waals surface area contributed by atoms with Gasteiger partial charge in [-0.3, -0.25) is 9.48 Å². The predicted molar refractivity (Wildman–Crippen MR) is 106 cm³/mol. The lowest BCUT2D eigenvalue weighted by Crippen LogP contribution is -2.34. The zero-order valence-electron chi connectivity index (χ0n) is 18.1. The number of carbonyl (C=O) groups excluding carboxylic acids is 1. The average Bonchev–Trinajstić information content (AvgIpc) is 3.14. The van der Waals surface area contributed by atoms with Gasteiger partial charge >= 0.3 is 18.3 Å². The summed E-state index contributed by atoms with van der Waals surface area (Å²) >= 11 is 0. The van der Waals surface area contributed by atoms with Crippen LogP contribution in [0.5, 0.6) is 0 Å². The maximum absolute atomic E-state index is 13.2. The van der Waals surface area contributed by atoms with E-state index < -0.39 is 50.4 Å². The third-order valence-corrected chi connectivity index (χ3v) is 7.34. The van der Waals surface area contributed by atoms with E-state index in [1.165, 1.54) is 10.9 Å². The Balaban J connectivity index is 2.01. The number of aromatic nitrogens is 2. The van der Waals surface area contributed by atoms with Crippen LogP contribution < -0.4 is 0 Å². The van der Waals surface area contributed by atoms with Gasteiger partial charge < -0.3 is 4.74 Å². The first-order valence-electron chi connectivity index (χ1n) is 10.1. The standard InChI is InChI=1S/C20H21F6N3O4S/c1-3-33-18(30)11-29-17-6-4-5-16(15(17)10-27-29)28(2)34(31,32)14-8-12(19(21,22)23)7-13(9-14)20(24,25)26/h7-10,16H,3-6,11H2,1-2H3. The van der Waals surface area contributed by atoms with Gasteiger partial charge in [-0.1, -0.05) is 0 Å². The summed E-state index contributed by atoms with van der Waals surface area (Å²) in [7, 11) is -3.68. The molecule has 1 aromatic heterocycles. The number of hydrogen-bond donors (Lipinski definition) is 0. The maximum Gasteiger partial charge on any atom is 0.416 e. The number of rotatable bonds is 6. The van der Waals surface area contributed by atoms with Gasteiger partial charge in [-0.25, -0.2) is 8.42 Å². The van der Waals surface area contributed by atoms with Gasteiger partial charge in [0.15, 0.2) is 0 Å². The SMILES string of the molecule is CCOC(=O)Cn1ncc2c1CCCC2N(C)S(=O)(=O)c1cc(C(F)(F)F)cc(C(F)(F)F)c1. The van der Waals surface area contributed by atoms with Gasteiger partial charge in [0.2, 0.25) is 10.0 Å². The van der Waals surface area contributed by atoms with E-state index in [0.29, 0.717) is 24.1 Å². The molecule has 0 amide bonds. The molecule has 1 heterocycles. The number of carbonyl (C=O) groups is 1. The molecule has 1 atom stereocenters. The fraction of sp³-hybridized carbons (Fsp3) is 0.500. The Morgan fingerprint density at radius 1 is 1.15 bits per heavy atom. The molecule has 1 aromatic carbocycles. The number of benzene rings is 1. The van der Waals surface area contributed by atoms with Crippen molar-refractivity contribution in [1.29, 1.82) is 0 Å². The van der Waals surface area contributed by atoms with E-state index in [2.05, 4.69) is 5.10 Å². The van der Waals surface area contributed by atoms with Crippen molar-refractivity contribution in [2.45, 2.75) is 56.0 Å². The minimum Gasteiger partial charge on any atom is -0.465 e. The first-order chi connectivity index (χ1) is 15.7. The minimum atomic E-state index is -5.18. The van der Waals surface area contributed by atoms with Crippen LogP contribution in [0, 0.1) is 0 Å². The van der Waals surface area contributed by atoms with Gasteiger partial charge in [-0.15, -0.1) is 0 Å². The monoisotopic (exact) mass is 513 g/mol. The molecule has 1 unspecified atom stereocenters. The molecule has 0 radical (unpaired) electrons. The molecule has 14 heteroatoms. The Hall–Kier alpha value is -2.61. The third-order valence-electron chi connectivity index (χ3n) is 5.49. The Morgan fingerprint density at radius 3 is 2.26 bits per heavy atom. The average molecular weight is 513 g/mol. The maximum atomic E-state index is 13.2. The van der Waals surface area contributed by atoms with Gasteiger partial charge in [-0.2, -0.15) is 35.7 Å². The summed E-state index contributed by atoms with van der Waals surface area (Å²) in [5, 5.41) is 4.10. The van der Waals surface area contributed by atoms with E-state index in [1.807, 2.05) is 0 Å². The van der Waals surface area contributed by atoms with Crippen molar-refractivity contribution >= 4 is 16.0 Å². The fourth-order valence-electron chi connectivity index (χ4n) is 3.85. The lowest BCUT2D eigenvalue weighted by Gasteiger charge is -2.31. The highest BCUT2D eigenvalue weighted by Gasteiger charge is 2.40. The van der Waals surface area contributed by atoms with Crippen molar-refractivity contribution in [2.75, 3.05) is 13.7 Å². The normalized spacial score (nSPS) is 17.0. The Bertz CT molecular complexity index is 1140. The van der Waals surface area contributed by atoms with Crippen LogP contribution >= 0.6 is 0 Å². The van der Waals surface area contributed by atoms with E-state index in [4.69, 9.17) is 4.74 Å². The predicted octanol–water partition coefficient (Wildman–Crippen LogP) is 4.18. The molecular formula is C20H21F6N3O4S. The fourth-order valence-corrected chi connectivity index (χ4v) is 5.29. The van der Waals surface area contributed by atoms with E-state index >= 15 is 0 Å². The minimum absolute atomic E-state index is 0.128. The van der Waals surface area contributed by atoms with Crippen LogP contribution in [-0.4, -0.2) is 42.1 Å². The number of esters is 1. The van der Waals surface area contributed by atoms with E-state index in [1.54, 1.807) is 6.92 Å². The second-order valence-electron chi connectivity index (χ2n) is 7.68. The molecular weight excluding hydrogens is 492 g/mol. The zero-order valence-corrected chi connectivity index (χ0v) is 18.9. The highest BCUT2D eigenvalue weighted by molar-refractivity contribution is 7.89. The highest BCUT2D eigenvalue weighted by Crippen LogP contribution is 2.40. The molecule has 3 rings (SSSR count). The van der Waals surface area contributed by atoms with Gasteiger partial charge in [0.25, 0.3) is 0 Å². The van der Waals surface area contributed by atoms with Gasteiger partial charge in [0, 0.05) is 18.3 Å². The number of alkyl halides is 6. The lowest BCUT2D eigenvalue weighted by molar-refractivity contribution is -0.145. The first kappa shape index (κ1) is 26.0. The van der Waals surface area contributed by atoms with Crippen molar-refractivity contribution < 1.29 is 44.3 Å². The topological polar surface area (TPSA) is 81.5 Å². The van der Waals surface area contributed by atoms with Crippen molar-refractivity contribution in [1.82, 2.24) is 14.1 Å². The Kier molecular flexibility index (Phi) is 7.04. The van der Waals surface area contributed by atoms with E-state index in [9.17, 15) is 39.6 Å². The number of hydrogen-bond acceptors (Lipinski definition) is 5. The lowest BCUT2D eigenvalue weighted by atomic mass is 9.93. The molecule has 1 aliphatic rings. The molecule has 34 heavy (non-hydrogen) atoms. The zero-order chi connectivity index (χ0) is 25.5. The molecule has 0 spiro atoms. The summed E-state index contributed by atoms with van der Waals surface area (Å²) in [6.45, 7) is 1.57. The number of fused-ring (bicyclic) bond motifs is 1. The summed E-state index contributed by atoms with van der Waals surface area (Å²) in [6.07, 6.45) is -7.84. The molecule has 0 saturated carbocycles. The van der Waals surface area contributed by atoms with Crippen LogP contribution in [0.1, 0.15) is 48.2 Å². The second-order valence-corrected chi connectivity index (χ2v) is 9.68. The van der Waals surface area contributed by atoms with Crippen LogP contribution in [0.2, 0.25) is 0 Å². The van der Waals surface area contributed by atoms with Crippen molar-refractivity contribution in [3.05, 3.63) is 46.8 Å². The van der Waals surface area contributed by atoms with E-state index in [-0.39, 0.29) is 37.8 Å². The number of sulfonamides is 1. The first-order valence-corrected chi connectivity index (χ1v) is 11.6. The van der Waals surface area contributed by atoms with Gasteiger partial charge in [0.1, 0.15) is 6.54 Å². The number of ether oxygens (including phenoxy) is 1. The van der Waals surface area contributed by atoms with Crippen LogP contribution in [0.4, 0.5) is 26.3 Å². The molecule has 7 nitrogen and oxygen atoms in total. The number of nitrogens with zero attached hydrogens (tertiary/aromatic N) is 3. The van der Waals surface area contributed by atoms with Crippen LogP contribution in [0.25, 0.3) is 0 Å². The summed E-state index contributed by atoms with van der Waals surface area (Å²) in [4.78, 5) is 10.7. The molecule has 0 aliphatic heterocycles. The van der Waals surface area contributed by atoms with Gasteiger partial charge in [0.05, 0.1) is 34.9 Å². The molecule has 0 saturated heterocycles. The molecule has 0 N–H and O–H groups in total. The molecule has 0 fully saturated rings. The molecule has 1 aliphatic carbocycles. The van der Waals surface area contributed by atoms with Crippen molar-refractivity contribution in [2.24, 2.45) is 0 Å². The quantitative estimate of drug-likeness (QED) is 0.428. The smallest absolute Gasteiger partial charge is 0.416 e. The van der Waals surface area contributed by atoms with Crippen LogP contribution in [0.3, 0.4) is 0 Å². The highest BCUT2D eigenvalue weighted by atomic mass is 32.2. The Labute approximate surface area is 191 Å². The van der Waals surface area contributed by atoms with Crippen LogP contribution in [-0.2, 0) is 44.9 Å². The third kappa shape index (κ3) is 5.22. The number of halogens is 6. The van der Waals surface area contributed by atoms with Crippen molar-refractivity contribution in [3.8, 4) is 0 Å². The second kappa shape index (κ2) is 9.21. The molecule has 2 aromatic rings. The summed E-state index contributed by atoms with van der Waals surface area (Å²) < 4.78 is 113. The van der Waals surface area contributed by atoms with E-state index in [0.717, 1.165) is 11.4 Å². The van der Waals surface area contributed by atoms with Crippen LogP contribution in [0.15, 0.2) is 29.3 Å². The summed E-state index contributed by atoms with van der Waals surface area (Å²) in [5.74, 6) is -0.555. The molecule has 0 bridgehead atoms. The van der Waals surface area contributed by atoms with Crippen molar-refractivity contribution in [3.63, 3.8) is 0 Å². The Morgan fingerprint density at radius 2 is 1.74 bits per heavy atom. The summed E-state index contributed by atoms with van der Waals surface area (Å²) in [5.41, 5.74) is -2.47. The van der Waals surface area contributed by atoms with Gasteiger partial charge in [-0.05, 0) is 44.4 Å². The largest absolute Gasteiger partial charge is 0.465 e. The summed E-state index contributed by atoms with van der Waals surface area (Å²) in [6, 6.07) is -0.644. The molecule has 188 valence electrons.